The molecule has 2 aliphatic carbocycles. The number of nitrogens with zero attached hydrogens (tertiary/aromatic N) is 2. The van der Waals surface area contributed by atoms with Crippen molar-refractivity contribution >= 4 is 11.6 Å². The van der Waals surface area contributed by atoms with Gasteiger partial charge in [-0.25, -0.2) is 8.78 Å². The molecule has 0 atom stereocenters. The van der Waals surface area contributed by atoms with Crippen molar-refractivity contribution in [3.8, 4) is 11.3 Å². The Labute approximate surface area is 143 Å². The van der Waals surface area contributed by atoms with Gasteiger partial charge in [-0.3, -0.25) is 0 Å². The third-order valence-corrected chi connectivity index (χ3v) is 5.62. The van der Waals surface area contributed by atoms with Gasteiger partial charge in [0.2, 0.25) is 0 Å². The van der Waals surface area contributed by atoms with Crippen LogP contribution in [-0.2, 0) is 17.8 Å². The number of halogens is 3. The van der Waals surface area contributed by atoms with Crippen molar-refractivity contribution in [2.75, 3.05) is 0 Å². The van der Waals surface area contributed by atoms with Gasteiger partial charge in [-0.15, -0.1) is 10.2 Å². The lowest BCUT2D eigenvalue weighted by atomic mass is 9.93. The number of fused-ring (bicyclic) bond motifs is 1. The molecule has 2 fully saturated rings. The summed E-state index contributed by atoms with van der Waals surface area (Å²) in [6.07, 6.45) is 4.48. The Bertz CT molecular complexity index is 839. The minimum Gasteiger partial charge on any atom is -0.370 e. The normalized spacial score (nSPS) is 21.0. The van der Waals surface area contributed by atoms with E-state index >= 15 is 0 Å². The maximum Gasteiger partial charge on any atom is 0.157 e. The van der Waals surface area contributed by atoms with E-state index in [2.05, 4.69) is 10.2 Å². The summed E-state index contributed by atoms with van der Waals surface area (Å²) in [5.41, 5.74) is 2.17. The lowest BCUT2D eigenvalue weighted by Crippen LogP contribution is -2.26. The number of benzene rings is 1. The molecule has 124 valence electrons. The lowest BCUT2D eigenvalue weighted by molar-refractivity contribution is 0.00797. The zero-order chi connectivity index (χ0) is 16.5. The van der Waals surface area contributed by atoms with Crippen molar-refractivity contribution < 1.29 is 13.5 Å². The first-order valence-corrected chi connectivity index (χ1v) is 8.61. The van der Waals surface area contributed by atoms with E-state index in [4.69, 9.17) is 16.3 Å². The molecule has 24 heavy (non-hydrogen) atoms. The predicted octanol–water partition coefficient (Wildman–Crippen LogP) is 4.56. The van der Waals surface area contributed by atoms with Crippen LogP contribution in [0.25, 0.3) is 11.3 Å². The second-order valence-electron chi connectivity index (χ2n) is 7.08. The van der Waals surface area contributed by atoms with Crippen molar-refractivity contribution in [2.45, 2.75) is 50.2 Å². The molecule has 6 heteroatoms. The zero-order valence-corrected chi connectivity index (χ0v) is 13.7. The third kappa shape index (κ3) is 2.25. The van der Waals surface area contributed by atoms with Gasteiger partial charge in [0.25, 0.3) is 0 Å². The molecule has 1 spiro atoms. The summed E-state index contributed by atoms with van der Waals surface area (Å²) in [6.45, 7) is 0.320. The highest BCUT2D eigenvalue weighted by molar-refractivity contribution is 6.30. The molecule has 3 aliphatic rings. The fourth-order valence-corrected chi connectivity index (χ4v) is 3.76. The first-order valence-electron chi connectivity index (χ1n) is 8.23. The molecule has 1 aromatic heterocycles. The molecule has 2 heterocycles. The Morgan fingerprint density at radius 2 is 1.79 bits per heavy atom. The van der Waals surface area contributed by atoms with E-state index in [1.54, 1.807) is 0 Å². The van der Waals surface area contributed by atoms with E-state index in [1.807, 2.05) is 0 Å². The van der Waals surface area contributed by atoms with E-state index in [1.165, 1.54) is 12.1 Å². The predicted molar refractivity (Wildman–Crippen MR) is 84.8 cm³/mol. The van der Waals surface area contributed by atoms with Gasteiger partial charge >= 0.3 is 0 Å². The Hall–Kier alpha value is -1.59. The summed E-state index contributed by atoms with van der Waals surface area (Å²) < 4.78 is 35.2. The first kappa shape index (κ1) is 14.7. The topological polar surface area (TPSA) is 35.0 Å². The summed E-state index contributed by atoms with van der Waals surface area (Å²) >= 11 is 6.13. The van der Waals surface area contributed by atoms with Crippen LogP contribution in [0.4, 0.5) is 8.78 Å². The van der Waals surface area contributed by atoms with E-state index in [9.17, 15) is 8.78 Å². The molecular formula is C18H15ClF2N2O. The van der Waals surface area contributed by atoms with Crippen molar-refractivity contribution in [3.05, 3.63) is 45.6 Å². The van der Waals surface area contributed by atoms with Crippen LogP contribution in [0, 0.1) is 11.6 Å². The maximum absolute atomic E-state index is 14.7. The van der Waals surface area contributed by atoms with Crippen LogP contribution in [-0.4, -0.2) is 15.8 Å². The van der Waals surface area contributed by atoms with Gasteiger partial charge in [0.1, 0.15) is 17.3 Å². The average Bonchev–Trinajstić information content (AvgIpc) is 3.45. The molecule has 0 unspecified atom stereocenters. The summed E-state index contributed by atoms with van der Waals surface area (Å²) in [5.74, 6) is -0.865. The fourth-order valence-electron chi connectivity index (χ4n) is 3.55. The molecule has 0 saturated heterocycles. The van der Waals surface area contributed by atoms with Gasteiger partial charge < -0.3 is 4.74 Å². The van der Waals surface area contributed by atoms with Crippen LogP contribution in [0.3, 0.4) is 0 Å². The number of ether oxygens (including phenoxy) is 1. The van der Waals surface area contributed by atoms with E-state index in [0.29, 0.717) is 18.6 Å². The molecule has 0 N–H and O–H groups in total. The summed E-state index contributed by atoms with van der Waals surface area (Å²) in [5, 5.41) is 8.19. The minimum atomic E-state index is -0.577. The SMILES string of the molecule is Fc1cc(C2CC2)cc(F)c1-c1nnc(Cl)c2c1CC1(CC1)OC2. The Kier molecular flexibility index (Phi) is 3.04. The molecular weight excluding hydrogens is 334 g/mol. The van der Waals surface area contributed by atoms with Crippen LogP contribution >= 0.6 is 11.6 Å². The van der Waals surface area contributed by atoms with Crippen LogP contribution in [0.1, 0.15) is 48.3 Å². The second-order valence-corrected chi connectivity index (χ2v) is 7.44. The van der Waals surface area contributed by atoms with Crippen molar-refractivity contribution in [3.63, 3.8) is 0 Å². The van der Waals surface area contributed by atoms with Crippen LogP contribution in [0.5, 0.6) is 0 Å². The van der Waals surface area contributed by atoms with Crippen molar-refractivity contribution in [2.24, 2.45) is 0 Å². The average molecular weight is 349 g/mol. The smallest absolute Gasteiger partial charge is 0.157 e. The van der Waals surface area contributed by atoms with Gasteiger partial charge in [0.15, 0.2) is 5.15 Å². The number of hydrogen-bond donors (Lipinski definition) is 0. The largest absolute Gasteiger partial charge is 0.370 e. The molecule has 2 saturated carbocycles. The van der Waals surface area contributed by atoms with Crippen molar-refractivity contribution in [1.29, 1.82) is 0 Å². The van der Waals surface area contributed by atoms with E-state index in [0.717, 1.165) is 36.8 Å². The maximum atomic E-state index is 14.7. The van der Waals surface area contributed by atoms with Gasteiger partial charge in [0, 0.05) is 12.0 Å². The molecule has 0 radical (unpaired) electrons. The number of hydrogen-bond acceptors (Lipinski definition) is 3. The molecule has 1 aromatic carbocycles. The number of rotatable bonds is 2. The molecule has 2 aromatic rings. The standard InChI is InChI=1S/C18H15ClF2N2O/c19-17-12-8-24-18(3-4-18)7-11(12)16(22-23-17)15-13(20)5-10(6-14(15)21)9-1-2-9/h5-6,9H,1-4,7-8H2. The summed E-state index contributed by atoms with van der Waals surface area (Å²) in [6, 6.07) is 2.87. The Morgan fingerprint density at radius 3 is 2.42 bits per heavy atom. The van der Waals surface area contributed by atoms with Gasteiger partial charge in [-0.2, -0.15) is 0 Å². The second kappa shape index (κ2) is 4.96. The quantitative estimate of drug-likeness (QED) is 0.798. The van der Waals surface area contributed by atoms with Gasteiger partial charge in [-0.05, 0) is 54.9 Å². The van der Waals surface area contributed by atoms with Crippen LogP contribution in [0.15, 0.2) is 12.1 Å². The van der Waals surface area contributed by atoms with Crippen molar-refractivity contribution in [1.82, 2.24) is 10.2 Å². The Balaban J connectivity index is 1.67. The van der Waals surface area contributed by atoms with Crippen LogP contribution in [0.2, 0.25) is 5.15 Å². The highest BCUT2D eigenvalue weighted by Crippen LogP contribution is 2.49. The summed E-state index contributed by atoms with van der Waals surface area (Å²) in [7, 11) is 0. The summed E-state index contributed by atoms with van der Waals surface area (Å²) in [4.78, 5) is 0. The molecule has 1 aliphatic heterocycles. The van der Waals surface area contributed by atoms with Gasteiger partial charge in [-0.1, -0.05) is 11.6 Å². The molecule has 3 nitrogen and oxygen atoms in total. The fraction of sp³-hybridized carbons (Fsp3) is 0.444. The van der Waals surface area contributed by atoms with Gasteiger partial charge in [0.05, 0.1) is 17.8 Å². The monoisotopic (exact) mass is 348 g/mol. The molecule has 0 amide bonds. The first-order chi connectivity index (χ1) is 11.6. The van der Waals surface area contributed by atoms with E-state index in [-0.39, 0.29) is 27.9 Å². The lowest BCUT2D eigenvalue weighted by Gasteiger charge is -2.27. The van der Waals surface area contributed by atoms with E-state index < -0.39 is 11.6 Å². The minimum absolute atomic E-state index is 0.0995. The highest BCUT2D eigenvalue weighted by Gasteiger charge is 2.48. The molecule has 5 rings (SSSR count). The number of aromatic nitrogens is 2. The molecule has 0 bridgehead atoms. The highest BCUT2D eigenvalue weighted by atomic mass is 35.5. The van der Waals surface area contributed by atoms with Crippen LogP contribution < -0.4 is 0 Å². The zero-order valence-electron chi connectivity index (χ0n) is 12.9. The third-order valence-electron chi connectivity index (χ3n) is 5.32. The Morgan fingerprint density at radius 1 is 1.08 bits per heavy atom.